The molecule has 1 atom stereocenters. The van der Waals surface area contributed by atoms with Crippen molar-refractivity contribution >= 4 is 15.7 Å². The molecule has 0 saturated carbocycles. The van der Waals surface area contributed by atoms with Gasteiger partial charge in [0, 0.05) is 26.0 Å². The first-order chi connectivity index (χ1) is 7.66. The summed E-state index contributed by atoms with van der Waals surface area (Å²) in [4.78, 5) is 13.9. The average Bonchev–Trinajstić information content (AvgIpc) is 2.39. The van der Waals surface area contributed by atoms with Crippen LogP contribution >= 0.6 is 0 Å². The Labute approximate surface area is 103 Å². The number of sulfone groups is 1. The fourth-order valence-electron chi connectivity index (χ4n) is 1.72. The van der Waals surface area contributed by atoms with E-state index in [0.29, 0.717) is 19.7 Å². The Kier molecular flexibility index (Phi) is 4.19. The number of amides is 1. The molecule has 6 heteroatoms. The zero-order valence-electron chi connectivity index (χ0n) is 10.9. The largest absolute Gasteiger partial charge is 0.377 e. The van der Waals surface area contributed by atoms with E-state index in [1.54, 1.807) is 4.90 Å². The van der Waals surface area contributed by atoms with E-state index in [4.69, 9.17) is 4.74 Å². The Hall–Kier alpha value is -0.620. The second-order valence-electron chi connectivity index (χ2n) is 5.07. The van der Waals surface area contributed by atoms with Crippen LogP contribution in [-0.4, -0.2) is 56.0 Å². The lowest BCUT2D eigenvalue weighted by Crippen LogP contribution is -2.51. The van der Waals surface area contributed by atoms with Gasteiger partial charge >= 0.3 is 0 Å². The molecule has 0 aliphatic carbocycles. The van der Waals surface area contributed by atoms with Gasteiger partial charge in [-0.2, -0.15) is 0 Å². The van der Waals surface area contributed by atoms with E-state index in [9.17, 15) is 13.2 Å². The third-order valence-corrected chi connectivity index (χ3v) is 5.21. The molecule has 1 aliphatic rings. The number of carbonyl (C=O) groups is 1. The van der Waals surface area contributed by atoms with Gasteiger partial charge in [0.1, 0.15) is 4.75 Å². The molecule has 1 unspecified atom stereocenters. The van der Waals surface area contributed by atoms with Crippen LogP contribution in [0.5, 0.6) is 0 Å². The lowest BCUT2D eigenvalue weighted by molar-refractivity contribution is -0.133. The van der Waals surface area contributed by atoms with Gasteiger partial charge in [-0.25, -0.2) is 8.42 Å². The van der Waals surface area contributed by atoms with Crippen LogP contribution in [0.15, 0.2) is 0 Å². The molecule has 17 heavy (non-hydrogen) atoms. The van der Waals surface area contributed by atoms with Gasteiger partial charge in [0.15, 0.2) is 9.84 Å². The topological polar surface area (TPSA) is 63.7 Å². The van der Waals surface area contributed by atoms with Crippen molar-refractivity contribution in [1.29, 1.82) is 0 Å². The Morgan fingerprint density at radius 3 is 2.53 bits per heavy atom. The summed E-state index contributed by atoms with van der Waals surface area (Å²) < 4.78 is 27.3. The van der Waals surface area contributed by atoms with Crippen LogP contribution < -0.4 is 0 Å². The van der Waals surface area contributed by atoms with Crippen LogP contribution in [0.25, 0.3) is 0 Å². The predicted molar refractivity (Wildman–Crippen MR) is 65.5 cm³/mol. The summed E-state index contributed by atoms with van der Waals surface area (Å²) in [7, 11) is -3.41. The van der Waals surface area contributed by atoms with E-state index in [1.807, 2.05) is 6.92 Å². The minimum absolute atomic E-state index is 0.0446. The number of hydrogen-bond acceptors (Lipinski definition) is 4. The molecule has 0 spiro atoms. The Bertz CT molecular complexity index is 388. The molecule has 0 aromatic heterocycles. The smallest absolute Gasteiger partial charge is 0.243 e. The van der Waals surface area contributed by atoms with Crippen LogP contribution in [0.2, 0.25) is 0 Å². The third kappa shape index (κ3) is 3.19. The maximum absolute atomic E-state index is 12.3. The Morgan fingerprint density at radius 2 is 2.00 bits per heavy atom. The molecule has 0 N–H and O–H groups in total. The SMILES string of the molecule is CC1CN(C(=O)C(C)(C)S(C)(=O)=O)CCCO1. The zero-order chi connectivity index (χ0) is 13.3. The standard InChI is InChI=1S/C11H21NO4S/c1-9-8-12(6-5-7-16-9)10(13)11(2,3)17(4,14)15/h9H,5-8H2,1-4H3. The van der Waals surface area contributed by atoms with Crippen LogP contribution in [0.1, 0.15) is 27.2 Å². The molecule has 5 nitrogen and oxygen atoms in total. The van der Waals surface area contributed by atoms with Gasteiger partial charge in [-0.1, -0.05) is 0 Å². The highest BCUT2D eigenvalue weighted by molar-refractivity contribution is 7.92. The van der Waals surface area contributed by atoms with E-state index >= 15 is 0 Å². The van der Waals surface area contributed by atoms with Crippen molar-refractivity contribution in [2.75, 3.05) is 26.0 Å². The average molecular weight is 263 g/mol. The monoisotopic (exact) mass is 263 g/mol. The minimum atomic E-state index is -3.41. The maximum Gasteiger partial charge on any atom is 0.243 e. The van der Waals surface area contributed by atoms with Crippen molar-refractivity contribution < 1.29 is 17.9 Å². The molecule has 1 amide bonds. The van der Waals surface area contributed by atoms with E-state index in [1.165, 1.54) is 13.8 Å². The van der Waals surface area contributed by atoms with Crippen molar-refractivity contribution in [3.05, 3.63) is 0 Å². The highest BCUT2D eigenvalue weighted by Crippen LogP contribution is 2.20. The third-order valence-electron chi connectivity index (χ3n) is 3.18. The summed E-state index contributed by atoms with van der Waals surface area (Å²) in [6.07, 6.45) is 1.80. The van der Waals surface area contributed by atoms with Gasteiger partial charge in [-0.3, -0.25) is 4.79 Å². The van der Waals surface area contributed by atoms with Gasteiger partial charge < -0.3 is 9.64 Å². The minimum Gasteiger partial charge on any atom is -0.377 e. The summed E-state index contributed by atoms with van der Waals surface area (Å²) in [5, 5.41) is 0. The first-order valence-corrected chi connectivity index (χ1v) is 7.66. The van der Waals surface area contributed by atoms with Gasteiger partial charge in [-0.15, -0.1) is 0 Å². The van der Waals surface area contributed by atoms with Crippen LogP contribution in [0.3, 0.4) is 0 Å². The van der Waals surface area contributed by atoms with Crippen molar-refractivity contribution in [1.82, 2.24) is 4.90 Å². The summed E-state index contributed by atoms with van der Waals surface area (Å²) in [6.45, 7) is 6.44. The Morgan fingerprint density at radius 1 is 1.41 bits per heavy atom. The van der Waals surface area contributed by atoms with E-state index in [2.05, 4.69) is 0 Å². The van der Waals surface area contributed by atoms with Crippen molar-refractivity contribution in [3.63, 3.8) is 0 Å². The molecule has 1 saturated heterocycles. The molecule has 0 aromatic carbocycles. The molecule has 0 bridgehead atoms. The van der Waals surface area contributed by atoms with Crippen molar-refractivity contribution in [2.45, 2.75) is 38.0 Å². The van der Waals surface area contributed by atoms with E-state index in [-0.39, 0.29) is 12.0 Å². The quantitative estimate of drug-likeness (QED) is 0.725. The molecule has 1 aliphatic heterocycles. The molecule has 1 fully saturated rings. The normalized spacial score (nSPS) is 23.3. The van der Waals surface area contributed by atoms with Crippen molar-refractivity contribution in [2.24, 2.45) is 0 Å². The van der Waals surface area contributed by atoms with Gasteiger partial charge in [0.2, 0.25) is 5.91 Å². The second kappa shape index (κ2) is 4.94. The predicted octanol–water partition coefficient (Wildman–Crippen LogP) is 0.447. The highest BCUT2D eigenvalue weighted by atomic mass is 32.2. The highest BCUT2D eigenvalue weighted by Gasteiger charge is 2.41. The van der Waals surface area contributed by atoms with Gasteiger partial charge in [-0.05, 0) is 27.2 Å². The lowest BCUT2D eigenvalue weighted by Gasteiger charge is -2.30. The molecule has 100 valence electrons. The first-order valence-electron chi connectivity index (χ1n) is 5.77. The number of hydrogen-bond donors (Lipinski definition) is 0. The van der Waals surface area contributed by atoms with Gasteiger partial charge in [0.25, 0.3) is 0 Å². The zero-order valence-corrected chi connectivity index (χ0v) is 11.7. The lowest BCUT2D eigenvalue weighted by atomic mass is 10.1. The maximum atomic E-state index is 12.3. The summed E-state index contributed by atoms with van der Waals surface area (Å²) >= 11 is 0. The fourth-order valence-corrected chi connectivity index (χ4v) is 2.16. The summed E-state index contributed by atoms with van der Waals surface area (Å²) in [6, 6.07) is 0. The fraction of sp³-hybridized carbons (Fsp3) is 0.909. The molecular formula is C11H21NO4S. The van der Waals surface area contributed by atoms with Crippen LogP contribution in [0, 0.1) is 0 Å². The van der Waals surface area contributed by atoms with Gasteiger partial charge in [0.05, 0.1) is 6.10 Å². The second-order valence-corrected chi connectivity index (χ2v) is 7.63. The summed E-state index contributed by atoms with van der Waals surface area (Å²) in [5.74, 6) is -0.336. The number of ether oxygens (including phenoxy) is 1. The molecule has 1 rings (SSSR count). The first kappa shape index (κ1) is 14.4. The molecule has 0 radical (unpaired) electrons. The number of nitrogens with zero attached hydrogens (tertiary/aromatic N) is 1. The van der Waals surface area contributed by atoms with Crippen LogP contribution in [-0.2, 0) is 19.4 Å². The van der Waals surface area contributed by atoms with E-state index < -0.39 is 14.6 Å². The van der Waals surface area contributed by atoms with Crippen molar-refractivity contribution in [3.8, 4) is 0 Å². The van der Waals surface area contributed by atoms with E-state index in [0.717, 1.165) is 12.7 Å². The van der Waals surface area contributed by atoms with Crippen LogP contribution in [0.4, 0.5) is 0 Å². The summed E-state index contributed by atoms with van der Waals surface area (Å²) in [5.41, 5.74) is 0. The number of rotatable bonds is 2. The Balaban J connectivity index is 2.89. The number of carbonyl (C=O) groups excluding carboxylic acids is 1. The molecular weight excluding hydrogens is 242 g/mol. The molecule has 1 heterocycles. The molecule has 0 aromatic rings.